The molecule has 0 fully saturated rings. The Morgan fingerprint density at radius 3 is 2.38 bits per heavy atom. The smallest absolute Gasteiger partial charge is 0.315 e. The Labute approximate surface area is 200 Å². The molecule has 0 aliphatic carbocycles. The maximum Gasteiger partial charge on any atom is 0.315 e. The zero-order valence-corrected chi connectivity index (χ0v) is 20.1. The monoisotopic (exact) mass is 479 g/mol. The molecule has 8 heteroatoms. The van der Waals surface area contributed by atoms with Crippen LogP contribution < -0.4 is 10.6 Å². The van der Waals surface area contributed by atoms with Crippen molar-refractivity contribution in [2.24, 2.45) is 0 Å². The lowest BCUT2D eigenvalue weighted by Crippen LogP contribution is -2.37. The van der Waals surface area contributed by atoms with Gasteiger partial charge in [0.15, 0.2) is 0 Å². The lowest BCUT2D eigenvalue weighted by molar-refractivity contribution is -0.140. The second kappa shape index (κ2) is 14.0. The van der Waals surface area contributed by atoms with Crippen molar-refractivity contribution in [3.05, 3.63) is 69.7 Å². The third-order valence-electron chi connectivity index (χ3n) is 5.26. The standard InChI is InChI=1S/C24H31Cl2N3O3/c1-18(19-10-12-21(25)13-11-19)29(15-5-9-23(30)32-2)16-6-14-27-24(31)28-17-20-7-3-4-8-22(20)26/h3-4,7-8,10-13,18H,5-6,9,14-17H2,1-2H3,(H2,27,28,31). The van der Waals surface area contributed by atoms with Gasteiger partial charge in [-0.1, -0.05) is 53.5 Å². The topological polar surface area (TPSA) is 70.7 Å². The Morgan fingerprint density at radius 1 is 1.00 bits per heavy atom. The lowest BCUT2D eigenvalue weighted by Gasteiger charge is -2.29. The fourth-order valence-electron chi connectivity index (χ4n) is 3.34. The number of nitrogens with zero attached hydrogens (tertiary/aromatic N) is 1. The van der Waals surface area contributed by atoms with E-state index in [1.807, 2.05) is 42.5 Å². The summed E-state index contributed by atoms with van der Waals surface area (Å²) in [5, 5.41) is 7.04. The molecule has 0 aliphatic rings. The second-order valence-electron chi connectivity index (χ2n) is 7.50. The normalized spacial score (nSPS) is 11.8. The molecule has 2 N–H and O–H groups in total. The molecule has 0 radical (unpaired) electrons. The van der Waals surface area contributed by atoms with Gasteiger partial charge in [0, 0.05) is 42.1 Å². The van der Waals surface area contributed by atoms with Crippen molar-refractivity contribution in [1.82, 2.24) is 15.5 Å². The van der Waals surface area contributed by atoms with Crippen LogP contribution in [0.15, 0.2) is 48.5 Å². The van der Waals surface area contributed by atoms with Gasteiger partial charge in [-0.3, -0.25) is 9.69 Å². The number of benzene rings is 2. The van der Waals surface area contributed by atoms with Gasteiger partial charge in [-0.15, -0.1) is 0 Å². The SMILES string of the molecule is COC(=O)CCCN(CCCNC(=O)NCc1ccccc1Cl)C(C)c1ccc(Cl)cc1. The Morgan fingerprint density at radius 2 is 1.69 bits per heavy atom. The third-order valence-corrected chi connectivity index (χ3v) is 5.88. The highest BCUT2D eigenvalue weighted by Gasteiger charge is 2.16. The van der Waals surface area contributed by atoms with E-state index in [0.29, 0.717) is 36.0 Å². The minimum atomic E-state index is -0.229. The molecule has 0 saturated carbocycles. The van der Waals surface area contributed by atoms with Crippen LogP contribution in [0.1, 0.15) is 43.4 Å². The van der Waals surface area contributed by atoms with Gasteiger partial charge in [0.1, 0.15) is 0 Å². The lowest BCUT2D eigenvalue weighted by atomic mass is 10.1. The van der Waals surface area contributed by atoms with Crippen molar-refractivity contribution in [3.63, 3.8) is 0 Å². The minimum absolute atomic E-state index is 0.152. The molecule has 6 nitrogen and oxygen atoms in total. The zero-order chi connectivity index (χ0) is 23.3. The fraction of sp³-hybridized carbons (Fsp3) is 0.417. The van der Waals surface area contributed by atoms with Crippen LogP contribution >= 0.6 is 23.2 Å². The first-order valence-electron chi connectivity index (χ1n) is 10.7. The Bertz CT molecular complexity index is 862. The van der Waals surface area contributed by atoms with Crippen LogP contribution in [0.25, 0.3) is 0 Å². The molecule has 0 aliphatic heterocycles. The first-order valence-corrected chi connectivity index (χ1v) is 11.5. The Hall–Kier alpha value is -2.28. The van der Waals surface area contributed by atoms with Gasteiger partial charge in [0.05, 0.1) is 7.11 Å². The molecular formula is C24H31Cl2N3O3. The van der Waals surface area contributed by atoms with Crippen LogP contribution in [0.5, 0.6) is 0 Å². The molecular weight excluding hydrogens is 449 g/mol. The predicted molar refractivity (Wildman–Crippen MR) is 129 cm³/mol. The Balaban J connectivity index is 1.81. The van der Waals surface area contributed by atoms with Crippen LogP contribution in [0.3, 0.4) is 0 Å². The summed E-state index contributed by atoms with van der Waals surface area (Å²) in [5.41, 5.74) is 2.02. The molecule has 2 amide bonds. The summed E-state index contributed by atoms with van der Waals surface area (Å²) in [4.78, 5) is 25.9. The number of urea groups is 1. The van der Waals surface area contributed by atoms with Crippen molar-refractivity contribution in [2.45, 2.75) is 38.8 Å². The molecule has 1 atom stereocenters. The van der Waals surface area contributed by atoms with Gasteiger partial charge >= 0.3 is 12.0 Å². The maximum absolute atomic E-state index is 12.1. The predicted octanol–water partition coefficient (Wildman–Crippen LogP) is 5.20. The summed E-state index contributed by atoms with van der Waals surface area (Å²) in [6.45, 7) is 4.56. The zero-order valence-electron chi connectivity index (χ0n) is 18.6. The van der Waals surface area contributed by atoms with Gasteiger partial charge in [0.2, 0.25) is 0 Å². The maximum atomic E-state index is 12.1. The molecule has 0 heterocycles. The summed E-state index contributed by atoms with van der Waals surface area (Å²) >= 11 is 12.1. The van der Waals surface area contributed by atoms with Gasteiger partial charge in [-0.05, 0) is 55.6 Å². The number of ether oxygens (including phenoxy) is 1. The quantitative estimate of drug-likeness (QED) is 0.324. The van der Waals surface area contributed by atoms with Crippen LogP contribution in [0.4, 0.5) is 4.79 Å². The number of esters is 1. The van der Waals surface area contributed by atoms with Crippen LogP contribution in [0.2, 0.25) is 10.0 Å². The second-order valence-corrected chi connectivity index (χ2v) is 8.34. The average molecular weight is 480 g/mol. The number of carbonyl (C=O) groups is 2. The fourth-order valence-corrected chi connectivity index (χ4v) is 3.67. The number of amides is 2. The summed E-state index contributed by atoms with van der Waals surface area (Å²) in [7, 11) is 1.40. The van der Waals surface area contributed by atoms with E-state index < -0.39 is 0 Å². The van der Waals surface area contributed by atoms with Crippen LogP contribution in [0, 0.1) is 0 Å². The molecule has 0 aromatic heterocycles. The largest absolute Gasteiger partial charge is 0.469 e. The van der Waals surface area contributed by atoms with Crippen molar-refractivity contribution < 1.29 is 14.3 Å². The molecule has 2 rings (SSSR count). The number of methoxy groups -OCH3 is 1. The molecule has 0 bridgehead atoms. The van der Waals surface area contributed by atoms with Crippen molar-refractivity contribution in [3.8, 4) is 0 Å². The number of hydrogen-bond acceptors (Lipinski definition) is 4. The third kappa shape index (κ3) is 9.07. The van der Waals surface area contributed by atoms with Gasteiger partial charge in [-0.2, -0.15) is 0 Å². The van der Waals surface area contributed by atoms with E-state index in [2.05, 4.69) is 22.5 Å². The number of carbonyl (C=O) groups excluding carboxylic acids is 2. The van der Waals surface area contributed by atoms with E-state index in [1.54, 1.807) is 6.07 Å². The molecule has 174 valence electrons. The summed E-state index contributed by atoms with van der Waals surface area (Å²) in [6, 6.07) is 15.1. The van der Waals surface area contributed by atoms with Gasteiger partial charge < -0.3 is 15.4 Å². The van der Waals surface area contributed by atoms with E-state index in [0.717, 1.165) is 30.6 Å². The Kier molecular flexibility index (Phi) is 11.4. The highest BCUT2D eigenvalue weighted by molar-refractivity contribution is 6.31. The van der Waals surface area contributed by atoms with E-state index in [-0.39, 0.29) is 18.0 Å². The van der Waals surface area contributed by atoms with E-state index >= 15 is 0 Å². The summed E-state index contributed by atoms with van der Waals surface area (Å²) in [6.07, 6.45) is 1.86. The minimum Gasteiger partial charge on any atom is -0.469 e. The molecule has 0 spiro atoms. The van der Waals surface area contributed by atoms with Gasteiger partial charge in [0.25, 0.3) is 0 Å². The molecule has 2 aromatic rings. The highest BCUT2D eigenvalue weighted by Crippen LogP contribution is 2.22. The average Bonchev–Trinajstić information content (AvgIpc) is 2.80. The summed E-state index contributed by atoms with van der Waals surface area (Å²) in [5.74, 6) is -0.207. The van der Waals surface area contributed by atoms with Crippen LogP contribution in [-0.2, 0) is 16.1 Å². The number of rotatable bonds is 12. The molecule has 2 aromatic carbocycles. The number of nitrogens with one attached hydrogen (secondary N) is 2. The first kappa shape index (κ1) is 26.0. The van der Waals surface area contributed by atoms with Gasteiger partial charge in [-0.25, -0.2) is 4.79 Å². The first-order chi connectivity index (χ1) is 15.4. The van der Waals surface area contributed by atoms with Crippen molar-refractivity contribution in [1.29, 1.82) is 0 Å². The molecule has 32 heavy (non-hydrogen) atoms. The van der Waals surface area contributed by atoms with Crippen LogP contribution in [-0.4, -0.2) is 43.6 Å². The van der Waals surface area contributed by atoms with Crippen molar-refractivity contribution in [2.75, 3.05) is 26.7 Å². The summed E-state index contributed by atoms with van der Waals surface area (Å²) < 4.78 is 4.74. The molecule has 0 saturated heterocycles. The highest BCUT2D eigenvalue weighted by atomic mass is 35.5. The van der Waals surface area contributed by atoms with E-state index in [1.165, 1.54) is 7.11 Å². The van der Waals surface area contributed by atoms with E-state index in [4.69, 9.17) is 27.9 Å². The van der Waals surface area contributed by atoms with Crippen molar-refractivity contribution >= 4 is 35.2 Å². The van der Waals surface area contributed by atoms with E-state index in [9.17, 15) is 9.59 Å². The number of halogens is 2. The molecule has 1 unspecified atom stereocenters. The number of hydrogen-bond donors (Lipinski definition) is 2.